The van der Waals surface area contributed by atoms with E-state index in [0.717, 1.165) is 0 Å². The molecule has 0 atom stereocenters. The summed E-state index contributed by atoms with van der Waals surface area (Å²) in [7, 11) is 0. The van der Waals surface area contributed by atoms with Gasteiger partial charge in [-0.3, -0.25) is 14.4 Å². The Bertz CT molecular complexity index is 652. The average Bonchev–Trinajstić information content (AvgIpc) is 3.28. The molecular weight excluding hydrogens is 332 g/mol. The lowest BCUT2D eigenvalue weighted by Gasteiger charge is -2.06. The number of carbonyl (C=O) groups excluding carboxylic acids is 3. The first kappa shape index (κ1) is 17.7. The fraction of sp³-hybridized carbons (Fsp3) is 0.312. The number of amides is 2. The molecule has 0 aromatic carbocycles. The molecule has 128 valence electrons. The molecule has 0 aliphatic heterocycles. The third-order valence-electron chi connectivity index (χ3n) is 3.03. The van der Waals surface area contributed by atoms with Crippen LogP contribution >= 0.6 is 11.3 Å². The number of thiophene rings is 1. The van der Waals surface area contributed by atoms with Crippen molar-refractivity contribution in [2.75, 3.05) is 13.2 Å². The van der Waals surface area contributed by atoms with Gasteiger partial charge in [-0.1, -0.05) is 0 Å². The zero-order valence-electron chi connectivity index (χ0n) is 12.9. The van der Waals surface area contributed by atoms with E-state index >= 15 is 0 Å². The Hall–Kier alpha value is -2.61. The molecule has 2 rings (SSSR count). The SMILES string of the molecule is O=C(COC(=O)CCCNC(=O)c1ccsc1)NCc1ccco1. The summed E-state index contributed by atoms with van der Waals surface area (Å²) in [6.45, 7) is 0.285. The van der Waals surface area contributed by atoms with Crippen molar-refractivity contribution in [3.05, 3.63) is 46.5 Å². The highest BCUT2D eigenvalue weighted by Gasteiger charge is 2.09. The third-order valence-corrected chi connectivity index (χ3v) is 3.71. The minimum absolute atomic E-state index is 0.134. The van der Waals surface area contributed by atoms with E-state index in [1.807, 2.05) is 5.38 Å². The highest BCUT2D eigenvalue weighted by Crippen LogP contribution is 2.05. The summed E-state index contributed by atoms with van der Waals surface area (Å²) in [6, 6.07) is 5.19. The molecule has 24 heavy (non-hydrogen) atoms. The molecular formula is C16H18N2O5S. The number of ether oxygens (including phenoxy) is 1. The number of furan rings is 1. The molecule has 2 aromatic heterocycles. The van der Waals surface area contributed by atoms with Crippen LogP contribution in [0.1, 0.15) is 29.0 Å². The van der Waals surface area contributed by atoms with E-state index in [9.17, 15) is 14.4 Å². The second-order valence-electron chi connectivity index (χ2n) is 4.89. The average molecular weight is 350 g/mol. The van der Waals surface area contributed by atoms with Crippen LogP contribution in [0.3, 0.4) is 0 Å². The number of rotatable bonds is 9. The van der Waals surface area contributed by atoms with Crippen LogP contribution in [-0.2, 0) is 20.9 Å². The summed E-state index contributed by atoms with van der Waals surface area (Å²) in [5, 5.41) is 8.86. The van der Waals surface area contributed by atoms with Gasteiger partial charge in [0.2, 0.25) is 0 Å². The molecule has 2 heterocycles. The summed E-state index contributed by atoms with van der Waals surface area (Å²) in [6.07, 6.45) is 2.09. The predicted molar refractivity (Wildman–Crippen MR) is 87.4 cm³/mol. The molecule has 0 spiro atoms. The van der Waals surface area contributed by atoms with Gasteiger partial charge in [-0.2, -0.15) is 11.3 Å². The quantitative estimate of drug-likeness (QED) is 0.530. The predicted octanol–water partition coefficient (Wildman–Crippen LogP) is 1.71. The standard InChI is InChI=1S/C16H18N2O5S/c19-14(18-9-13-3-2-7-22-13)10-23-15(20)4-1-6-17-16(21)12-5-8-24-11-12/h2-3,5,7-8,11H,1,4,6,9-10H2,(H,17,21)(H,18,19). The highest BCUT2D eigenvalue weighted by molar-refractivity contribution is 7.08. The van der Waals surface area contributed by atoms with E-state index in [4.69, 9.17) is 9.15 Å². The second kappa shape index (κ2) is 9.51. The molecule has 0 aliphatic rings. The van der Waals surface area contributed by atoms with Gasteiger partial charge in [0.05, 0.1) is 12.8 Å². The molecule has 0 saturated heterocycles. The summed E-state index contributed by atoms with van der Waals surface area (Å²) in [5.74, 6) is -0.420. The summed E-state index contributed by atoms with van der Waals surface area (Å²) in [5.41, 5.74) is 0.607. The van der Waals surface area contributed by atoms with Gasteiger partial charge in [0.1, 0.15) is 5.76 Å². The van der Waals surface area contributed by atoms with Crippen LogP contribution < -0.4 is 10.6 Å². The zero-order chi connectivity index (χ0) is 17.2. The van der Waals surface area contributed by atoms with Gasteiger partial charge < -0.3 is 19.8 Å². The van der Waals surface area contributed by atoms with Gasteiger partial charge in [-0.05, 0) is 30.0 Å². The minimum atomic E-state index is -0.479. The Labute approximate surface area is 143 Å². The van der Waals surface area contributed by atoms with Crippen LogP contribution in [0.5, 0.6) is 0 Å². The van der Waals surface area contributed by atoms with Crippen LogP contribution in [-0.4, -0.2) is 30.9 Å². The maximum absolute atomic E-state index is 11.7. The number of hydrogen-bond donors (Lipinski definition) is 2. The molecule has 7 nitrogen and oxygen atoms in total. The first-order valence-corrected chi connectivity index (χ1v) is 8.34. The fourth-order valence-electron chi connectivity index (χ4n) is 1.80. The second-order valence-corrected chi connectivity index (χ2v) is 5.67. The number of esters is 1. The highest BCUT2D eigenvalue weighted by atomic mass is 32.1. The van der Waals surface area contributed by atoms with Crippen molar-refractivity contribution < 1.29 is 23.5 Å². The van der Waals surface area contributed by atoms with Crippen molar-refractivity contribution in [3.63, 3.8) is 0 Å². The van der Waals surface area contributed by atoms with Crippen LogP contribution in [0.2, 0.25) is 0 Å². The molecule has 0 saturated carbocycles. The number of hydrogen-bond acceptors (Lipinski definition) is 6. The van der Waals surface area contributed by atoms with E-state index < -0.39 is 11.9 Å². The van der Waals surface area contributed by atoms with Gasteiger partial charge in [0, 0.05) is 23.9 Å². The summed E-state index contributed by atoms with van der Waals surface area (Å²) >= 11 is 1.45. The van der Waals surface area contributed by atoms with Gasteiger partial charge in [-0.25, -0.2) is 0 Å². The normalized spacial score (nSPS) is 10.2. The van der Waals surface area contributed by atoms with Crippen LogP contribution in [0.4, 0.5) is 0 Å². The first-order chi connectivity index (χ1) is 11.6. The van der Waals surface area contributed by atoms with Gasteiger partial charge in [0.15, 0.2) is 6.61 Å². The van der Waals surface area contributed by atoms with Crippen LogP contribution in [0.25, 0.3) is 0 Å². The Kier molecular flexibility index (Phi) is 7.03. The van der Waals surface area contributed by atoms with E-state index in [-0.39, 0.29) is 25.5 Å². The Morgan fingerprint density at radius 1 is 1.21 bits per heavy atom. The molecule has 2 amide bonds. The lowest BCUT2D eigenvalue weighted by atomic mass is 10.3. The molecule has 0 unspecified atom stereocenters. The Morgan fingerprint density at radius 3 is 2.79 bits per heavy atom. The maximum atomic E-state index is 11.7. The van der Waals surface area contributed by atoms with E-state index in [2.05, 4.69) is 10.6 Å². The Balaban J connectivity index is 1.51. The molecule has 2 N–H and O–H groups in total. The topological polar surface area (TPSA) is 97.6 Å². The van der Waals surface area contributed by atoms with Crippen molar-refractivity contribution in [2.45, 2.75) is 19.4 Å². The van der Waals surface area contributed by atoms with Gasteiger partial charge in [0.25, 0.3) is 11.8 Å². The largest absolute Gasteiger partial charge is 0.467 e. The molecule has 8 heteroatoms. The van der Waals surface area contributed by atoms with Crippen molar-refractivity contribution in [1.29, 1.82) is 0 Å². The molecule has 0 bridgehead atoms. The number of carbonyl (C=O) groups is 3. The van der Waals surface area contributed by atoms with E-state index in [1.54, 1.807) is 23.6 Å². The van der Waals surface area contributed by atoms with Crippen LogP contribution in [0.15, 0.2) is 39.6 Å². The van der Waals surface area contributed by atoms with E-state index in [1.165, 1.54) is 17.6 Å². The van der Waals surface area contributed by atoms with E-state index in [0.29, 0.717) is 24.3 Å². The minimum Gasteiger partial charge on any atom is -0.467 e. The molecule has 0 radical (unpaired) electrons. The molecule has 0 fully saturated rings. The Morgan fingerprint density at radius 2 is 2.08 bits per heavy atom. The van der Waals surface area contributed by atoms with Crippen molar-refractivity contribution >= 4 is 29.1 Å². The van der Waals surface area contributed by atoms with Crippen molar-refractivity contribution in [1.82, 2.24) is 10.6 Å². The van der Waals surface area contributed by atoms with Crippen LogP contribution in [0, 0.1) is 0 Å². The number of nitrogens with one attached hydrogen (secondary N) is 2. The summed E-state index contributed by atoms with van der Waals surface area (Å²) < 4.78 is 9.93. The lowest BCUT2D eigenvalue weighted by molar-refractivity contribution is -0.148. The lowest BCUT2D eigenvalue weighted by Crippen LogP contribution is -2.28. The monoisotopic (exact) mass is 350 g/mol. The smallest absolute Gasteiger partial charge is 0.306 e. The fourth-order valence-corrected chi connectivity index (χ4v) is 2.43. The summed E-state index contributed by atoms with van der Waals surface area (Å²) in [4.78, 5) is 34.7. The first-order valence-electron chi connectivity index (χ1n) is 7.40. The van der Waals surface area contributed by atoms with Crippen molar-refractivity contribution in [3.8, 4) is 0 Å². The van der Waals surface area contributed by atoms with Gasteiger partial charge >= 0.3 is 5.97 Å². The van der Waals surface area contributed by atoms with Gasteiger partial charge in [-0.15, -0.1) is 0 Å². The molecule has 0 aliphatic carbocycles. The zero-order valence-corrected chi connectivity index (χ0v) is 13.8. The maximum Gasteiger partial charge on any atom is 0.306 e. The van der Waals surface area contributed by atoms with Crippen molar-refractivity contribution in [2.24, 2.45) is 0 Å². The molecule has 2 aromatic rings. The third kappa shape index (κ3) is 6.25.